The molecule has 1 atom stereocenters. The first-order valence-corrected chi connectivity index (χ1v) is 17.0. The van der Waals surface area contributed by atoms with Crippen molar-refractivity contribution in [2.75, 3.05) is 32.8 Å². The third kappa shape index (κ3) is 4.74. The number of aliphatic hydroxyl groups is 1. The van der Waals surface area contributed by atoms with Crippen LogP contribution in [0.2, 0.25) is 5.02 Å². The Morgan fingerprint density at radius 2 is 1.87 bits per heavy atom. The molecule has 2 aromatic carbocycles. The van der Waals surface area contributed by atoms with Crippen LogP contribution < -0.4 is 0 Å². The molecule has 9 rings (SSSR count). The molecule has 3 aliphatic carbocycles. The fourth-order valence-electron chi connectivity index (χ4n) is 9.19. The number of rotatable bonds is 9. The average Bonchev–Trinajstić information content (AvgIpc) is 3.72. The summed E-state index contributed by atoms with van der Waals surface area (Å²) >= 11 is 6.84. The number of fused-ring (bicyclic) bond motifs is 2. The number of nitrogens with zero attached hydrogens (tertiary/aromatic N) is 4. The Morgan fingerprint density at radius 1 is 1.11 bits per heavy atom. The van der Waals surface area contributed by atoms with Crippen molar-refractivity contribution in [1.82, 2.24) is 19.4 Å². The largest absolute Gasteiger partial charge is 0.464 e. The number of benzene rings is 2. The SMILES string of the molecule is CCOC(=O)[C@@H](c1ncn2c1CCC2)N1Cc2c(Cl)cc(-c3ccc(C45CC(CN6CCC(CO)CC6)(C4)C5)cc3)cc2C1=O. The lowest BCUT2D eigenvalue weighted by atomic mass is 9.33. The van der Waals surface area contributed by atoms with Crippen LogP contribution in [0.3, 0.4) is 0 Å². The number of aromatic nitrogens is 2. The topological polar surface area (TPSA) is 87.9 Å². The second kappa shape index (κ2) is 11.0. The highest BCUT2D eigenvalue weighted by Gasteiger charge is 2.68. The first-order chi connectivity index (χ1) is 21.8. The van der Waals surface area contributed by atoms with Crippen LogP contribution in [0, 0.1) is 11.3 Å². The van der Waals surface area contributed by atoms with Crippen LogP contribution in [0.1, 0.15) is 84.4 Å². The molecule has 1 amide bonds. The van der Waals surface area contributed by atoms with Crippen molar-refractivity contribution in [2.24, 2.45) is 11.3 Å². The number of halogens is 1. The highest BCUT2D eigenvalue weighted by molar-refractivity contribution is 6.32. The standard InChI is InChI=1S/C36H41ClN4O4/c1-2-45-34(44)32(31-30-4-3-11-40(30)22-38-31)41-16-28-27(33(41)43)14-25(15-29(28)37)24-5-7-26(8-6-24)36-18-35(19-36,20-36)21-39-12-9-23(17-42)10-13-39/h5-8,14-15,22-23,32,42H,2-4,9-13,16-21H2,1H3/t32-,35?,36?/m1/s1. The normalized spacial score (nSPS) is 26.3. The molecule has 2 bridgehead atoms. The van der Waals surface area contributed by atoms with E-state index in [-0.39, 0.29) is 19.1 Å². The Balaban J connectivity index is 0.982. The van der Waals surface area contributed by atoms with Crippen LogP contribution >= 0.6 is 11.6 Å². The number of carbonyl (C=O) groups is 2. The van der Waals surface area contributed by atoms with Gasteiger partial charge in [0.15, 0.2) is 6.04 Å². The number of hydrogen-bond acceptors (Lipinski definition) is 6. The molecule has 45 heavy (non-hydrogen) atoms. The molecule has 236 valence electrons. The summed E-state index contributed by atoms with van der Waals surface area (Å²) in [7, 11) is 0. The minimum atomic E-state index is -0.901. The van der Waals surface area contributed by atoms with Crippen molar-refractivity contribution in [3.05, 3.63) is 75.8 Å². The predicted octanol–water partition coefficient (Wildman–Crippen LogP) is 5.54. The van der Waals surface area contributed by atoms with Crippen molar-refractivity contribution >= 4 is 23.5 Å². The number of ether oxygens (including phenoxy) is 1. The molecule has 0 spiro atoms. The maximum atomic E-state index is 13.9. The van der Waals surface area contributed by atoms with E-state index < -0.39 is 12.0 Å². The Kier molecular flexibility index (Phi) is 7.11. The van der Waals surface area contributed by atoms with Gasteiger partial charge in [0.05, 0.1) is 18.6 Å². The maximum Gasteiger partial charge on any atom is 0.335 e. The summed E-state index contributed by atoms with van der Waals surface area (Å²) in [5.74, 6) is -0.190. The molecule has 3 saturated carbocycles. The first-order valence-electron chi connectivity index (χ1n) is 16.6. The molecular weight excluding hydrogens is 588 g/mol. The van der Waals surface area contributed by atoms with Gasteiger partial charge >= 0.3 is 5.97 Å². The van der Waals surface area contributed by atoms with Gasteiger partial charge in [-0.25, -0.2) is 9.78 Å². The minimum absolute atomic E-state index is 0.220. The molecule has 3 aromatic rings. The van der Waals surface area contributed by atoms with Gasteiger partial charge in [-0.15, -0.1) is 0 Å². The number of hydrogen-bond donors (Lipinski definition) is 1. The van der Waals surface area contributed by atoms with Gasteiger partial charge in [0.1, 0.15) is 0 Å². The zero-order chi connectivity index (χ0) is 30.9. The number of aliphatic hydroxyl groups excluding tert-OH is 1. The smallest absolute Gasteiger partial charge is 0.335 e. The summed E-state index contributed by atoms with van der Waals surface area (Å²) in [6, 6.07) is 11.8. The van der Waals surface area contributed by atoms with E-state index in [0.717, 1.165) is 67.7 Å². The van der Waals surface area contributed by atoms with Crippen LogP contribution in [0.25, 0.3) is 11.1 Å². The van der Waals surface area contributed by atoms with E-state index in [1.54, 1.807) is 18.2 Å². The van der Waals surface area contributed by atoms with Gasteiger partial charge in [-0.1, -0.05) is 35.9 Å². The summed E-state index contributed by atoms with van der Waals surface area (Å²) in [6.07, 6.45) is 9.61. The highest BCUT2D eigenvalue weighted by Crippen LogP contribution is 2.73. The van der Waals surface area contributed by atoms with Crippen LogP contribution in [-0.2, 0) is 34.5 Å². The Hall–Kier alpha value is -3.20. The summed E-state index contributed by atoms with van der Waals surface area (Å²) in [5, 5.41) is 9.99. The van der Waals surface area contributed by atoms with Gasteiger partial charge in [-0.2, -0.15) is 0 Å². The molecule has 6 aliphatic rings. The summed E-state index contributed by atoms with van der Waals surface area (Å²) in [4.78, 5) is 36.0. The lowest BCUT2D eigenvalue weighted by molar-refractivity contribution is -0.158. The molecule has 8 nitrogen and oxygen atoms in total. The molecule has 0 radical (unpaired) electrons. The highest BCUT2D eigenvalue weighted by atomic mass is 35.5. The van der Waals surface area contributed by atoms with Crippen molar-refractivity contribution < 1.29 is 19.4 Å². The number of imidazole rings is 1. The monoisotopic (exact) mass is 628 g/mol. The minimum Gasteiger partial charge on any atom is -0.464 e. The second-order valence-electron chi connectivity index (χ2n) is 14.2. The molecule has 4 heterocycles. The average molecular weight is 629 g/mol. The Bertz CT molecular complexity index is 1640. The van der Waals surface area contributed by atoms with Crippen molar-refractivity contribution in [3.63, 3.8) is 0 Å². The number of carbonyl (C=O) groups excluding carboxylic acids is 2. The zero-order valence-corrected chi connectivity index (χ0v) is 26.7. The van der Waals surface area contributed by atoms with E-state index in [1.807, 2.05) is 12.1 Å². The lowest BCUT2D eigenvalue weighted by Gasteiger charge is -2.72. The molecule has 0 unspecified atom stereocenters. The Labute approximate surface area is 269 Å². The zero-order valence-electron chi connectivity index (χ0n) is 25.9. The molecule has 1 saturated heterocycles. The van der Waals surface area contributed by atoms with Gasteiger partial charge in [0, 0.05) is 48.1 Å². The number of likely N-dealkylation sites (tertiary alicyclic amines) is 1. The molecule has 1 aromatic heterocycles. The third-order valence-corrected chi connectivity index (χ3v) is 11.7. The quantitative estimate of drug-likeness (QED) is 0.313. The maximum absolute atomic E-state index is 13.9. The second-order valence-corrected chi connectivity index (χ2v) is 14.6. The fourth-order valence-corrected chi connectivity index (χ4v) is 9.47. The fraction of sp³-hybridized carbons (Fsp3) is 0.528. The number of aryl methyl sites for hydroxylation is 1. The van der Waals surface area contributed by atoms with E-state index in [1.165, 1.54) is 31.4 Å². The van der Waals surface area contributed by atoms with Gasteiger partial charge in [-0.3, -0.25) is 4.79 Å². The molecule has 1 N–H and O–H groups in total. The van der Waals surface area contributed by atoms with E-state index in [4.69, 9.17) is 16.3 Å². The molecular formula is C36H41ClN4O4. The van der Waals surface area contributed by atoms with Crippen molar-refractivity contribution in [3.8, 4) is 11.1 Å². The van der Waals surface area contributed by atoms with E-state index in [0.29, 0.717) is 39.6 Å². The molecule has 3 aliphatic heterocycles. The first kappa shape index (κ1) is 29.2. The summed E-state index contributed by atoms with van der Waals surface area (Å²) in [6.45, 7) is 6.88. The van der Waals surface area contributed by atoms with Crippen molar-refractivity contribution in [1.29, 1.82) is 0 Å². The van der Waals surface area contributed by atoms with Gasteiger partial charge in [-0.05, 0) is 111 Å². The summed E-state index contributed by atoms with van der Waals surface area (Å²) in [5.41, 5.74) is 7.01. The number of piperidine rings is 1. The summed E-state index contributed by atoms with van der Waals surface area (Å²) < 4.78 is 7.52. The van der Waals surface area contributed by atoms with Crippen LogP contribution in [-0.4, -0.2) is 69.2 Å². The van der Waals surface area contributed by atoms with Crippen molar-refractivity contribution in [2.45, 2.75) is 76.4 Å². The third-order valence-electron chi connectivity index (χ3n) is 11.4. The Morgan fingerprint density at radius 3 is 2.58 bits per heavy atom. The lowest BCUT2D eigenvalue weighted by Crippen LogP contribution is -2.68. The molecule has 4 fully saturated rings. The van der Waals surface area contributed by atoms with Crippen LogP contribution in [0.15, 0.2) is 42.7 Å². The van der Waals surface area contributed by atoms with E-state index in [9.17, 15) is 14.7 Å². The van der Waals surface area contributed by atoms with Gasteiger partial charge < -0.3 is 24.2 Å². The van der Waals surface area contributed by atoms with E-state index in [2.05, 4.69) is 38.7 Å². The van der Waals surface area contributed by atoms with Gasteiger partial charge in [0.2, 0.25) is 0 Å². The van der Waals surface area contributed by atoms with Crippen LogP contribution in [0.4, 0.5) is 0 Å². The molecule has 9 heteroatoms. The predicted molar refractivity (Wildman–Crippen MR) is 171 cm³/mol. The van der Waals surface area contributed by atoms with Crippen LogP contribution in [0.5, 0.6) is 0 Å². The van der Waals surface area contributed by atoms with Gasteiger partial charge in [0.25, 0.3) is 5.91 Å². The number of esters is 1. The van der Waals surface area contributed by atoms with E-state index >= 15 is 0 Å². The number of amides is 1.